The summed E-state index contributed by atoms with van der Waals surface area (Å²) in [7, 11) is 0. The average Bonchev–Trinajstić information content (AvgIpc) is 3.03. The second-order valence-electron chi connectivity index (χ2n) is 6.24. The van der Waals surface area contributed by atoms with Crippen LogP contribution in [0.15, 0.2) is 24.3 Å². The molecule has 1 heterocycles. The maximum absolute atomic E-state index is 6.12. The summed E-state index contributed by atoms with van der Waals surface area (Å²) in [5, 5.41) is 4.90. The molecule has 0 unspecified atom stereocenters. The van der Waals surface area contributed by atoms with Crippen molar-refractivity contribution < 1.29 is 0 Å². The van der Waals surface area contributed by atoms with Crippen molar-refractivity contribution in [1.29, 1.82) is 0 Å². The van der Waals surface area contributed by atoms with E-state index in [0.29, 0.717) is 12.1 Å². The minimum absolute atomic E-state index is 0.453. The summed E-state index contributed by atoms with van der Waals surface area (Å²) < 4.78 is 2.41. The molecule has 0 bridgehead atoms. The lowest BCUT2D eigenvalue weighted by molar-refractivity contribution is 0.497. The van der Waals surface area contributed by atoms with Gasteiger partial charge in [-0.2, -0.15) is 0 Å². The predicted octanol–water partition coefficient (Wildman–Crippen LogP) is 3.84. The normalized spacial score (nSPS) is 16.6. The number of anilines is 1. The van der Waals surface area contributed by atoms with E-state index in [1.54, 1.807) is 0 Å². The molecule has 0 aliphatic heterocycles. The fourth-order valence-corrected chi connectivity index (χ4v) is 3.45. The lowest BCUT2D eigenvalue weighted by atomic mass is 10.2. The standard InChI is InChI=1S/C17H25N3/c1-12(2)20-14(11-19-13-6-3-4-7-13)10-15-16(18)8-5-9-17(15)20/h5,8-10,12-13,19H,3-4,6-7,11,18H2,1-2H3. The number of fused-ring (bicyclic) bond motifs is 1. The summed E-state index contributed by atoms with van der Waals surface area (Å²) in [6.07, 6.45) is 5.39. The van der Waals surface area contributed by atoms with Crippen LogP contribution in [0.25, 0.3) is 10.9 Å². The van der Waals surface area contributed by atoms with Crippen molar-refractivity contribution in [3.05, 3.63) is 30.0 Å². The molecule has 3 rings (SSSR count). The minimum Gasteiger partial charge on any atom is -0.398 e. The van der Waals surface area contributed by atoms with Crippen LogP contribution in [0.4, 0.5) is 5.69 Å². The van der Waals surface area contributed by atoms with Gasteiger partial charge in [-0.3, -0.25) is 0 Å². The molecule has 1 aromatic carbocycles. The highest BCUT2D eigenvalue weighted by Gasteiger charge is 2.17. The Labute approximate surface area is 121 Å². The van der Waals surface area contributed by atoms with Gasteiger partial charge in [-0.25, -0.2) is 0 Å². The highest BCUT2D eigenvalue weighted by atomic mass is 15.0. The fourth-order valence-electron chi connectivity index (χ4n) is 3.45. The molecular formula is C17H25N3. The number of hydrogen-bond donors (Lipinski definition) is 2. The van der Waals surface area contributed by atoms with Gasteiger partial charge < -0.3 is 15.6 Å². The van der Waals surface area contributed by atoms with Crippen molar-refractivity contribution in [1.82, 2.24) is 9.88 Å². The maximum atomic E-state index is 6.12. The number of nitrogens with zero attached hydrogens (tertiary/aromatic N) is 1. The molecule has 3 nitrogen and oxygen atoms in total. The number of hydrogen-bond acceptors (Lipinski definition) is 2. The van der Waals surface area contributed by atoms with Crippen LogP contribution in [-0.4, -0.2) is 10.6 Å². The Morgan fingerprint density at radius 2 is 2.05 bits per heavy atom. The van der Waals surface area contributed by atoms with E-state index in [0.717, 1.165) is 12.2 Å². The van der Waals surface area contributed by atoms with Crippen LogP contribution >= 0.6 is 0 Å². The summed E-state index contributed by atoms with van der Waals surface area (Å²) in [5.74, 6) is 0. The molecule has 0 amide bonds. The highest BCUT2D eigenvalue weighted by molar-refractivity contribution is 5.92. The molecule has 20 heavy (non-hydrogen) atoms. The van der Waals surface area contributed by atoms with Crippen LogP contribution in [0.3, 0.4) is 0 Å². The number of aromatic nitrogens is 1. The summed E-state index contributed by atoms with van der Waals surface area (Å²) in [6.45, 7) is 5.42. The molecule has 1 aliphatic carbocycles. The van der Waals surface area contributed by atoms with Crippen molar-refractivity contribution in [3.63, 3.8) is 0 Å². The van der Waals surface area contributed by atoms with Crippen LogP contribution < -0.4 is 11.1 Å². The monoisotopic (exact) mass is 271 g/mol. The first-order valence-electron chi connectivity index (χ1n) is 7.78. The van der Waals surface area contributed by atoms with Gasteiger partial charge in [0.25, 0.3) is 0 Å². The quantitative estimate of drug-likeness (QED) is 0.830. The third kappa shape index (κ3) is 2.42. The molecule has 2 aromatic rings. The van der Waals surface area contributed by atoms with Crippen LogP contribution in [0.5, 0.6) is 0 Å². The van der Waals surface area contributed by atoms with Gasteiger partial charge in [-0.15, -0.1) is 0 Å². The van der Waals surface area contributed by atoms with E-state index in [1.165, 1.54) is 42.3 Å². The molecule has 108 valence electrons. The van der Waals surface area contributed by atoms with Crippen LogP contribution in [-0.2, 0) is 6.54 Å². The SMILES string of the molecule is CC(C)n1c(CNC2CCCC2)cc2c(N)cccc21. The lowest BCUT2D eigenvalue weighted by Gasteiger charge is -2.17. The first-order chi connectivity index (χ1) is 9.66. The molecule has 1 aliphatic rings. The molecule has 1 saturated carbocycles. The number of nitrogens with one attached hydrogen (secondary N) is 1. The molecular weight excluding hydrogens is 246 g/mol. The van der Waals surface area contributed by atoms with Crippen LogP contribution in [0.2, 0.25) is 0 Å². The Kier molecular flexibility index (Phi) is 3.70. The Morgan fingerprint density at radius 1 is 1.30 bits per heavy atom. The molecule has 0 spiro atoms. The van der Waals surface area contributed by atoms with Crippen molar-refractivity contribution in [2.75, 3.05) is 5.73 Å². The van der Waals surface area contributed by atoms with E-state index >= 15 is 0 Å². The number of nitrogen functional groups attached to an aromatic ring is 1. The van der Waals surface area contributed by atoms with Gasteiger partial charge in [0.2, 0.25) is 0 Å². The lowest BCUT2D eigenvalue weighted by Crippen LogP contribution is -2.26. The molecule has 0 saturated heterocycles. The zero-order valence-corrected chi connectivity index (χ0v) is 12.5. The topological polar surface area (TPSA) is 43.0 Å². The second-order valence-corrected chi connectivity index (χ2v) is 6.24. The van der Waals surface area contributed by atoms with E-state index in [-0.39, 0.29) is 0 Å². The van der Waals surface area contributed by atoms with Gasteiger partial charge in [-0.1, -0.05) is 18.9 Å². The van der Waals surface area contributed by atoms with Gasteiger partial charge in [0, 0.05) is 35.4 Å². The Balaban J connectivity index is 1.92. The summed E-state index contributed by atoms with van der Waals surface area (Å²) in [5.41, 5.74) is 9.60. The van der Waals surface area contributed by atoms with Gasteiger partial charge in [0.15, 0.2) is 0 Å². The average molecular weight is 271 g/mol. The minimum atomic E-state index is 0.453. The van der Waals surface area contributed by atoms with E-state index in [9.17, 15) is 0 Å². The van der Waals surface area contributed by atoms with E-state index in [2.05, 4.69) is 35.9 Å². The van der Waals surface area contributed by atoms with E-state index in [4.69, 9.17) is 5.73 Å². The first kappa shape index (κ1) is 13.5. The number of benzene rings is 1. The van der Waals surface area contributed by atoms with Crippen molar-refractivity contribution in [2.24, 2.45) is 0 Å². The fraction of sp³-hybridized carbons (Fsp3) is 0.529. The third-order valence-electron chi connectivity index (χ3n) is 4.44. The van der Waals surface area contributed by atoms with Crippen LogP contribution in [0.1, 0.15) is 51.3 Å². The van der Waals surface area contributed by atoms with Crippen molar-refractivity contribution in [3.8, 4) is 0 Å². The van der Waals surface area contributed by atoms with Crippen molar-refractivity contribution in [2.45, 2.75) is 58.2 Å². The zero-order chi connectivity index (χ0) is 14.1. The van der Waals surface area contributed by atoms with Gasteiger partial charge in [0.05, 0.1) is 5.52 Å². The van der Waals surface area contributed by atoms with Gasteiger partial charge >= 0.3 is 0 Å². The van der Waals surface area contributed by atoms with Gasteiger partial charge in [0.1, 0.15) is 0 Å². The van der Waals surface area contributed by atoms with Crippen LogP contribution in [0, 0.1) is 0 Å². The number of rotatable bonds is 4. The summed E-state index contributed by atoms with van der Waals surface area (Å²) in [6, 6.07) is 9.61. The van der Waals surface area contributed by atoms with Gasteiger partial charge in [-0.05, 0) is 44.9 Å². The molecule has 0 radical (unpaired) electrons. The van der Waals surface area contributed by atoms with E-state index < -0.39 is 0 Å². The Hall–Kier alpha value is -1.48. The number of nitrogens with two attached hydrogens (primary N) is 1. The largest absolute Gasteiger partial charge is 0.398 e. The molecule has 0 atom stereocenters. The third-order valence-corrected chi connectivity index (χ3v) is 4.44. The second kappa shape index (κ2) is 5.49. The molecule has 3 heteroatoms. The summed E-state index contributed by atoms with van der Waals surface area (Å²) in [4.78, 5) is 0. The highest BCUT2D eigenvalue weighted by Crippen LogP contribution is 2.28. The Morgan fingerprint density at radius 3 is 2.75 bits per heavy atom. The molecule has 1 aromatic heterocycles. The summed E-state index contributed by atoms with van der Waals surface area (Å²) >= 11 is 0. The maximum Gasteiger partial charge on any atom is 0.0506 e. The molecule has 1 fully saturated rings. The Bertz CT molecular complexity index is 592. The predicted molar refractivity (Wildman–Crippen MR) is 85.8 cm³/mol. The smallest absolute Gasteiger partial charge is 0.0506 e. The van der Waals surface area contributed by atoms with Crippen molar-refractivity contribution >= 4 is 16.6 Å². The first-order valence-corrected chi connectivity index (χ1v) is 7.78. The zero-order valence-electron chi connectivity index (χ0n) is 12.5. The molecule has 3 N–H and O–H groups in total. The van der Waals surface area contributed by atoms with E-state index in [1.807, 2.05) is 12.1 Å².